The average molecular weight is 304 g/mol. The Morgan fingerprint density at radius 2 is 2.11 bits per heavy atom. The molecular formula is C12H17FN2O2S2. The SMILES string of the molecule is CSC1CCC(NS(=O)(=O)c2cc(N)cc(F)c2)C1. The highest BCUT2D eigenvalue weighted by Crippen LogP contribution is 2.29. The maximum Gasteiger partial charge on any atom is 0.240 e. The number of thioether (sulfide) groups is 1. The zero-order chi connectivity index (χ0) is 14.0. The molecule has 2 rings (SSSR count). The molecule has 0 amide bonds. The van der Waals surface area contributed by atoms with E-state index in [1.165, 1.54) is 6.07 Å². The molecule has 1 fully saturated rings. The molecule has 0 aromatic heterocycles. The van der Waals surface area contributed by atoms with Crippen LogP contribution in [0, 0.1) is 5.82 Å². The van der Waals surface area contributed by atoms with Crippen molar-refractivity contribution in [1.29, 1.82) is 0 Å². The van der Waals surface area contributed by atoms with Crippen molar-refractivity contribution in [2.45, 2.75) is 35.4 Å². The van der Waals surface area contributed by atoms with E-state index in [4.69, 9.17) is 5.73 Å². The molecule has 1 saturated carbocycles. The van der Waals surface area contributed by atoms with Gasteiger partial charge in [0.2, 0.25) is 10.0 Å². The van der Waals surface area contributed by atoms with Crippen molar-refractivity contribution < 1.29 is 12.8 Å². The molecule has 0 saturated heterocycles. The topological polar surface area (TPSA) is 72.2 Å². The number of nitrogens with one attached hydrogen (secondary N) is 1. The van der Waals surface area contributed by atoms with E-state index in [9.17, 15) is 12.8 Å². The highest BCUT2D eigenvalue weighted by atomic mass is 32.2. The van der Waals surface area contributed by atoms with Crippen LogP contribution < -0.4 is 10.5 Å². The Morgan fingerprint density at radius 1 is 1.37 bits per heavy atom. The summed E-state index contributed by atoms with van der Waals surface area (Å²) in [4.78, 5) is -0.113. The zero-order valence-electron chi connectivity index (χ0n) is 10.6. The minimum absolute atomic E-state index is 0.0769. The van der Waals surface area contributed by atoms with Crippen LogP contribution in [0.5, 0.6) is 0 Å². The van der Waals surface area contributed by atoms with Crippen LogP contribution in [0.25, 0.3) is 0 Å². The van der Waals surface area contributed by atoms with Gasteiger partial charge in [0.25, 0.3) is 0 Å². The van der Waals surface area contributed by atoms with Gasteiger partial charge in [-0.05, 0) is 43.7 Å². The highest BCUT2D eigenvalue weighted by molar-refractivity contribution is 7.99. The van der Waals surface area contributed by atoms with E-state index in [-0.39, 0.29) is 16.6 Å². The van der Waals surface area contributed by atoms with Crippen molar-refractivity contribution in [1.82, 2.24) is 4.72 Å². The van der Waals surface area contributed by atoms with Crippen molar-refractivity contribution in [3.05, 3.63) is 24.0 Å². The molecule has 0 bridgehead atoms. The predicted molar refractivity (Wildman–Crippen MR) is 76.1 cm³/mol. The first kappa shape index (κ1) is 14.6. The van der Waals surface area contributed by atoms with Crippen LogP contribution in [-0.4, -0.2) is 26.0 Å². The molecule has 2 atom stereocenters. The Kier molecular flexibility index (Phi) is 4.37. The molecule has 1 aromatic carbocycles. The quantitative estimate of drug-likeness (QED) is 0.834. The number of rotatable bonds is 4. The summed E-state index contributed by atoms with van der Waals surface area (Å²) in [5.41, 5.74) is 5.58. The summed E-state index contributed by atoms with van der Waals surface area (Å²) in [6, 6.07) is 3.27. The molecule has 0 radical (unpaired) electrons. The second-order valence-electron chi connectivity index (χ2n) is 4.71. The molecule has 0 heterocycles. The van der Waals surface area contributed by atoms with Gasteiger partial charge in [0.05, 0.1) is 4.90 Å². The van der Waals surface area contributed by atoms with Gasteiger partial charge in [-0.1, -0.05) is 0 Å². The molecule has 19 heavy (non-hydrogen) atoms. The Labute approximate surface area is 117 Å². The van der Waals surface area contributed by atoms with Crippen LogP contribution in [0.2, 0.25) is 0 Å². The van der Waals surface area contributed by atoms with Gasteiger partial charge in [0, 0.05) is 17.0 Å². The molecule has 2 unspecified atom stereocenters. The van der Waals surface area contributed by atoms with E-state index in [2.05, 4.69) is 4.72 Å². The first-order valence-electron chi connectivity index (χ1n) is 6.02. The van der Waals surface area contributed by atoms with Gasteiger partial charge in [-0.3, -0.25) is 0 Å². The second-order valence-corrected chi connectivity index (χ2v) is 7.56. The predicted octanol–water partition coefficient (Wildman–Crippen LogP) is 1.97. The molecular weight excluding hydrogens is 287 g/mol. The summed E-state index contributed by atoms with van der Waals surface area (Å²) < 4.78 is 40.1. The number of sulfonamides is 1. The van der Waals surface area contributed by atoms with Crippen LogP contribution >= 0.6 is 11.8 Å². The highest BCUT2D eigenvalue weighted by Gasteiger charge is 2.28. The van der Waals surface area contributed by atoms with E-state index in [0.29, 0.717) is 5.25 Å². The maximum absolute atomic E-state index is 13.2. The van der Waals surface area contributed by atoms with Crippen LogP contribution in [0.1, 0.15) is 19.3 Å². The van der Waals surface area contributed by atoms with Crippen LogP contribution in [0.3, 0.4) is 0 Å². The van der Waals surface area contributed by atoms with Crippen LogP contribution in [0.4, 0.5) is 10.1 Å². The molecule has 0 aliphatic heterocycles. The monoisotopic (exact) mass is 304 g/mol. The van der Waals surface area contributed by atoms with Crippen LogP contribution in [-0.2, 0) is 10.0 Å². The normalized spacial score (nSPS) is 23.7. The summed E-state index contributed by atoms with van der Waals surface area (Å²) >= 11 is 1.75. The lowest BCUT2D eigenvalue weighted by atomic mass is 10.3. The van der Waals surface area contributed by atoms with Crippen molar-refractivity contribution in [2.24, 2.45) is 0 Å². The second kappa shape index (κ2) is 5.68. The Bertz CT molecular complexity index is 543. The van der Waals surface area contributed by atoms with E-state index in [1.807, 2.05) is 6.26 Å². The van der Waals surface area contributed by atoms with Gasteiger partial charge in [0.15, 0.2) is 0 Å². The zero-order valence-corrected chi connectivity index (χ0v) is 12.2. The minimum atomic E-state index is -3.70. The molecule has 1 aromatic rings. The van der Waals surface area contributed by atoms with Gasteiger partial charge in [-0.15, -0.1) is 0 Å². The minimum Gasteiger partial charge on any atom is -0.399 e. The van der Waals surface area contributed by atoms with Crippen LogP contribution in [0.15, 0.2) is 23.1 Å². The number of hydrogen-bond donors (Lipinski definition) is 2. The van der Waals surface area contributed by atoms with Gasteiger partial charge >= 0.3 is 0 Å². The molecule has 4 nitrogen and oxygen atoms in total. The number of anilines is 1. The van der Waals surface area contributed by atoms with Crippen molar-refractivity contribution in [2.75, 3.05) is 12.0 Å². The van der Waals surface area contributed by atoms with E-state index in [1.54, 1.807) is 11.8 Å². The van der Waals surface area contributed by atoms with Crippen molar-refractivity contribution in [3.63, 3.8) is 0 Å². The molecule has 3 N–H and O–H groups in total. The summed E-state index contributed by atoms with van der Waals surface area (Å²) in [5, 5.41) is 0.491. The number of halogens is 1. The molecule has 106 valence electrons. The Morgan fingerprint density at radius 3 is 2.68 bits per heavy atom. The third kappa shape index (κ3) is 3.61. The lowest BCUT2D eigenvalue weighted by Gasteiger charge is -2.13. The lowest BCUT2D eigenvalue weighted by Crippen LogP contribution is -2.33. The van der Waals surface area contributed by atoms with Gasteiger partial charge in [-0.2, -0.15) is 11.8 Å². The maximum atomic E-state index is 13.2. The largest absolute Gasteiger partial charge is 0.399 e. The summed E-state index contributed by atoms with van der Waals surface area (Å²) in [6.07, 6.45) is 4.65. The Balaban J connectivity index is 2.14. The Hall–Kier alpha value is -0.790. The third-order valence-electron chi connectivity index (χ3n) is 3.24. The standard InChI is InChI=1S/C12H17FN2O2S2/c1-18-11-3-2-10(7-11)15-19(16,17)12-5-8(13)4-9(14)6-12/h4-6,10-11,15H,2-3,7,14H2,1H3. The third-order valence-corrected chi connectivity index (χ3v) is 5.84. The fourth-order valence-electron chi connectivity index (χ4n) is 2.29. The van der Waals surface area contributed by atoms with E-state index < -0.39 is 15.8 Å². The molecule has 0 spiro atoms. The number of benzene rings is 1. The number of nitrogens with two attached hydrogens (primary N) is 1. The van der Waals surface area contributed by atoms with Crippen molar-refractivity contribution >= 4 is 27.5 Å². The average Bonchev–Trinajstić information content (AvgIpc) is 2.74. The molecule has 1 aliphatic carbocycles. The van der Waals surface area contributed by atoms with Gasteiger partial charge < -0.3 is 5.73 Å². The fourth-order valence-corrected chi connectivity index (χ4v) is 4.43. The smallest absolute Gasteiger partial charge is 0.240 e. The summed E-state index contributed by atoms with van der Waals surface area (Å²) in [6.45, 7) is 0. The first-order valence-corrected chi connectivity index (χ1v) is 8.79. The number of nitrogen functional groups attached to an aromatic ring is 1. The fraction of sp³-hybridized carbons (Fsp3) is 0.500. The lowest BCUT2D eigenvalue weighted by molar-refractivity contribution is 0.550. The van der Waals surface area contributed by atoms with Crippen molar-refractivity contribution in [3.8, 4) is 0 Å². The molecule has 1 aliphatic rings. The number of hydrogen-bond acceptors (Lipinski definition) is 4. The van der Waals surface area contributed by atoms with Gasteiger partial charge in [0.1, 0.15) is 5.82 Å². The first-order chi connectivity index (χ1) is 8.90. The van der Waals surface area contributed by atoms with E-state index in [0.717, 1.165) is 31.4 Å². The van der Waals surface area contributed by atoms with Gasteiger partial charge in [-0.25, -0.2) is 17.5 Å². The van der Waals surface area contributed by atoms with E-state index >= 15 is 0 Å². The summed E-state index contributed by atoms with van der Waals surface area (Å²) in [5.74, 6) is -0.645. The molecule has 7 heteroatoms. The summed E-state index contributed by atoms with van der Waals surface area (Å²) in [7, 11) is -3.70.